The van der Waals surface area contributed by atoms with Gasteiger partial charge in [-0.15, -0.1) is 0 Å². The van der Waals surface area contributed by atoms with E-state index in [4.69, 9.17) is 16.3 Å². The molecule has 0 atom stereocenters. The third-order valence-corrected chi connectivity index (χ3v) is 2.43. The third-order valence-electron chi connectivity index (χ3n) is 2.21. The summed E-state index contributed by atoms with van der Waals surface area (Å²) in [5.74, 6) is -0.281. The van der Waals surface area contributed by atoms with Gasteiger partial charge in [-0.2, -0.15) is 0 Å². The zero-order chi connectivity index (χ0) is 13.3. The van der Waals surface area contributed by atoms with Gasteiger partial charge in [0.15, 0.2) is 0 Å². The summed E-state index contributed by atoms with van der Waals surface area (Å²) in [6.07, 6.45) is 3.70. The van der Waals surface area contributed by atoms with Crippen LogP contribution >= 0.6 is 11.6 Å². The van der Waals surface area contributed by atoms with Crippen molar-refractivity contribution >= 4 is 23.2 Å². The first-order valence-electron chi connectivity index (χ1n) is 5.68. The first-order valence-corrected chi connectivity index (χ1v) is 6.06. The van der Waals surface area contributed by atoms with Crippen LogP contribution in [0.2, 0.25) is 5.02 Å². The van der Waals surface area contributed by atoms with Crippen molar-refractivity contribution in [2.75, 3.05) is 0 Å². The minimum absolute atomic E-state index is 0.163. The van der Waals surface area contributed by atoms with E-state index in [2.05, 4.69) is 4.98 Å². The Morgan fingerprint density at radius 2 is 2.11 bits per heavy atom. The van der Waals surface area contributed by atoms with Crippen molar-refractivity contribution in [1.82, 2.24) is 9.38 Å². The molecule has 4 nitrogen and oxygen atoms in total. The normalized spacial score (nSPS) is 11.8. The minimum atomic E-state index is -0.473. The van der Waals surface area contributed by atoms with Gasteiger partial charge >= 0.3 is 5.97 Å². The monoisotopic (exact) mass is 266 g/mol. The molecule has 18 heavy (non-hydrogen) atoms. The number of imidazole rings is 1. The number of carbonyl (C=O) groups excluding carboxylic acids is 1. The molecule has 0 aromatic carbocycles. The van der Waals surface area contributed by atoms with Crippen LogP contribution in [-0.4, -0.2) is 21.0 Å². The minimum Gasteiger partial charge on any atom is -0.460 e. The highest BCUT2D eigenvalue weighted by Crippen LogP contribution is 2.13. The summed E-state index contributed by atoms with van der Waals surface area (Å²) in [7, 11) is 0. The van der Waals surface area contributed by atoms with E-state index in [0.717, 1.165) is 5.65 Å². The van der Waals surface area contributed by atoms with Crippen LogP contribution < -0.4 is 0 Å². The number of fused-ring (bicyclic) bond motifs is 1. The summed E-state index contributed by atoms with van der Waals surface area (Å²) >= 11 is 5.88. The van der Waals surface area contributed by atoms with E-state index >= 15 is 0 Å². The number of nitrogens with zero attached hydrogens (tertiary/aromatic N) is 2. The average Bonchev–Trinajstić information content (AvgIpc) is 2.55. The average molecular weight is 267 g/mol. The molecule has 2 aromatic rings. The Morgan fingerprint density at radius 1 is 1.39 bits per heavy atom. The SMILES string of the molecule is CC(C)(C)OC(=O)Cc1cn2cc(Cl)ccc2n1. The standard InChI is InChI=1S/C13H15ClN2O2/c1-13(2,3)18-12(17)6-10-8-16-7-9(14)4-5-11(16)15-10/h4-5,7-8H,6H2,1-3H3. The smallest absolute Gasteiger partial charge is 0.312 e. The van der Waals surface area contributed by atoms with Gasteiger partial charge in [0, 0.05) is 12.4 Å². The van der Waals surface area contributed by atoms with Crippen molar-refractivity contribution < 1.29 is 9.53 Å². The molecule has 0 saturated heterocycles. The number of ether oxygens (including phenoxy) is 1. The maximum Gasteiger partial charge on any atom is 0.312 e. The Balaban J connectivity index is 2.15. The molecule has 2 aromatic heterocycles. The maximum atomic E-state index is 11.7. The van der Waals surface area contributed by atoms with Crippen LogP contribution in [0.1, 0.15) is 26.5 Å². The largest absolute Gasteiger partial charge is 0.460 e. The molecular formula is C13H15ClN2O2. The van der Waals surface area contributed by atoms with Gasteiger partial charge in [0.05, 0.1) is 17.1 Å². The zero-order valence-corrected chi connectivity index (χ0v) is 11.4. The Hall–Kier alpha value is -1.55. The van der Waals surface area contributed by atoms with E-state index in [9.17, 15) is 4.79 Å². The predicted octanol–water partition coefficient (Wildman–Crippen LogP) is 2.87. The van der Waals surface area contributed by atoms with Crippen molar-refractivity contribution in [3.63, 3.8) is 0 Å². The van der Waals surface area contributed by atoms with E-state index in [1.165, 1.54) is 0 Å². The molecule has 0 spiro atoms. The van der Waals surface area contributed by atoms with Crippen LogP contribution in [0.25, 0.3) is 5.65 Å². The molecule has 96 valence electrons. The fourth-order valence-corrected chi connectivity index (χ4v) is 1.80. The number of rotatable bonds is 2. The van der Waals surface area contributed by atoms with Crippen molar-refractivity contribution in [3.8, 4) is 0 Å². The molecule has 0 aliphatic heterocycles. The molecule has 0 unspecified atom stereocenters. The van der Waals surface area contributed by atoms with E-state index in [1.807, 2.05) is 20.8 Å². The molecule has 5 heteroatoms. The molecule has 0 amide bonds. The third kappa shape index (κ3) is 3.23. The molecule has 2 heterocycles. The summed E-state index contributed by atoms with van der Waals surface area (Å²) in [5, 5.41) is 0.628. The van der Waals surface area contributed by atoms with E-state index in [0.29, 0.717) is 10.7 Å². The zero-order valence-electron chi connectivity index (χ0n) is 10.6. The molecule has 0 aliphatic carbocycles. The van der Waals surface area contributed by atoms with E-state index in [1.54, 1.807) is 28.9 Å². The van der Waals surface area contributed by atoms with Gasteiger partial charge < -0.3 is 9.14 Å². The first kappa shape index (κ1) is 12.9. The van der Waals surface area contributed by atoms with Crippen LogP contribution in [0.15, 0.2) is 24.5 Å². The van der Waals surface area contributed by atoms with Crippen LogP contribution in [0.4, 0.5) is 0 Å². The summed E-state index contributed by atoms with van der Waals surface area (Å²) in [5.41, 5.74) is 0.962. The number of aromatic nitrogens is 2. The molecule has 0 N–H and O–H groups in total. The fraction of sp³-hybridized carbons (Fsp3) is 0.385. The lowest BCUT2D eigenvalue weighted by atomic mass is 10.2. The number of hydrogen-bond acceptors (Lipinski definition) is 3. The summed E-state index contributed by atoms with van der Waals surface area (Å²) in [6.45, 7) is 5.52. The summed E-state index contributed by atoms with van der Waals surface area (Å²) in [6, 6.07) is 3.57. The van der Waals surface area contributed by atoms with Crippen LogP contribution in [-0.2, 0) is 16.0 Å². The lowest BCUT2D eigenvalue weighted by Crippen LogP contribution is -2.24. The van der Waals surface area contributed by atoms with Crippen molar-refractivity contribution in [3.05, 3.63) is 35.2 Å². The maximum absolute atomic E-state index is 11.7. The fourth-order valence-electron chi connectivity index (χ4n) is 1.63. The Kier molecular flexibility index (Phi) is 3.30. The van der Waals surface area contributed by atoms with Gasteiger partial charge in [-0.05, 0) is 32.9 Å². The van der Waals surface area contributed by atoms with Crippen molar-refractivity contribution in [2.45, 2.75) is 32.8 Å². The number of carbonyl (C=O) groups is 1. The lowest BCUT2D eigenvalue weighted by Gasteiger charge is -2.18. The van der Waals surface area contributed by atoms with Crippen LogP contribution in [0.3, 0.4) is 0 Å². The number of pyridine rings is 1. The van der Waals surface area contributed by atoms with E-state index < -0.39 is 5.60 Å². The van der Waals surface area contributed by atoms with Crippen molar-refractivity contribution in [2.24, 2.45) is 0 Å². The molecule has 0 fully saturated rings. The molecule has 0 radical (unpaired) electrons. The Labute approximate surface area is 111 Å². The van der Waals surface area contributed by atoms with Gasteiger partial charge in [0.25, 0.3) is 0 Å². The van der Waals surface area contributed by atoms with E-state index in [-0.39, 0.29) is 12.4 Å². The van der Waals surface area contributed by atoms with Gasteiger partial charge in [0.2, 0.25) is 0 Å². The highest BCUT2D eigenvalue weighted by Gasteiger charge is 2.17. The number of hydrogen-bond donors (Lipinski definition) is 0. The quantitative estimate of drug-likeness (QED) is 0.785. The Bertz CT molecular complexity index is 584. The molecule has 2 rings (SSSR count). The van der Waals surface area contributed by atoms with Crippen molar-refractivity contribution in [1.29, 1.82) is 0 Å². The van der Waals surface area contributed by atoms with Gasteiger partial charge in [-0.25, -0.2) is 4.98 Å². The van der Waals surface area contributed by atoms with Gasteiger partial charge in [0.1, 0.15) is 11.2 Å². The molecule has 0 aliphatic rings. The lowest BCUT2D eigenvalue weighted by molar-refractivity contribution is -0.153. The Morgan fingerprint density at radius 3 is 2.78 bits per heavy atom. The number of esters is 1. The second kappa shape index (κ2) is 4.61. The molecular weight excluding hydrogens is 252 g/mol. The second-order valence-electron chi connectivity index (χ2n) is 5.11. The van der Waals surface area contributed by atoms with Gasteiger partial charge in [-0.3, -0.25) is 4.79 Å². The van der Waals surface area contributed by atoms with Gasteiger partial charge in [-0.1, -0.05) is 11.6 Å². The van der Waals surface area contributed by atoms with Crippen LogP contribution in [0, 0.1) is 0 Å². The molecule has 0 saturated carbocycles. The first-order chi connectivity index (χ1) is 8.33. The van der Waals surface area contributed by atoms with Crippen LogP contribution in [0.5, 0.6) is 0 Å². The summed E-state index contributed by atoms with van der Waals surface area (Å²) < 4.78 is 7.04. The number of halogens is 1. The highest BCUT2D eigenvalue weighted by molar-refractivity contribution is 6.30. The molecule has 0 bridgehead atoms. The predicted molar refractivity (Wildman–Crippen MR) is 69.8 cm³/mol. The topological polar surface area (TPSA) is 43.6 Å². The highest BCUT2D eigenvalue weighted by atomic mass is 35.5. The second-order valence-corrected chi connectivity index (χ2v) is 5.54. The summed E-state index contributed by atoms with van der Waals surface area (Å²) in [4.78, 5) is 16.0.